The monoisotopic (exact) mass is 365 g/mol. The molecule has 0 spiro atoms. The molecule has 1 atom stereocenters. The van der Waals surface area contributed by atoms with E-state index in [4.69, 9.17) is 0 Å². The van der Waals surface area contributed by atoms with E-state index in [2.05, 4.69) is 34.3 Å². The number of nitrogens with one attached hydrogen (secondary N) is 2. The average Bonchev–Trinajstić information content (AvgIpc) is 3.29. The summed E-state index contributed by atoms with van der Waals surface area (Å²) in [5.41, 5.74) is 4.14. The van der Waals surface area contributed by atoms with Crippen LogP contribution in [0, 0.1) is 6.92 Å². The number of nitrogens with zero attached hydrogens (tertiary/aromatic N) is 1. The van der Waals surface area contributed by atoms with Gasteiger partial charge in [0.1, 0.15) is 5.25 Å². The molecule has 1 unspecified atom stereocenters. The van der Waals surface area contributed by atoms with Gasteiger partial charge in [0.25, 0.3) is 0 Å². The predicted molar refractivity (Wildman–Crippen MR) is 106 cm³/mol. The molecule has 0 bridgehead atoms. The van der Waals surface area contributed by atoms with Crippen molar-refractivity contribution in [3.05, 3.63) is 59.7 Å². The lowest BCUT2D eigenvalue weighted by Gasteiger charge is -2.19. The Kier molecular flexibility index (Phi) is 4.98. The summed E-state index contributed by atoms with van der Waals surface area (Å²) in [5.74, 6) is 0.0738. The summed E-state index contributed by atoms with van der Waals surface area (Å²) >= 11 is 1.49. The van der Waals surface area contributed by atoms with Gasteiger partial charge in [-0.25, -0.2) is 4.98 Å². The van der Waals surface area contributed by atoms with Gasteiger partial charge in [-0.2, -0.15) is 0 Å². The molecule has 0 saturated heterocycles. The summed E-state index contributed by atoms with van der Waals surface area (Å²) in [7, 11) is 0. The first-order chi connectivity index (χ1) is 12.7. The second-order valence-corrected chi connectivity index (χ2v) is 8.05. The van der Waals surface area contributed by atoms with Crippen LogP contribution >= 0.6 is 11.8 Å². The Bertz CT molecular complexity index is 900. The van der Waals surface area contributed by atoms with E-state index in [0.717, 1.165) is 34.6 Å². The number of benzene rings is 2. The van der Waals surface area contributed by atoms with Crippen molar-refractivity contribution in [2.24, 2.45) is 0 Å². The second kappa shape index (κ2) is 7.54. The molecular formula is C21H23N3OS. The van der Waals surface area contributed by atoms with E-state index in [1.807, 2.05) is 36.4 Å². The van der Waals surface area contributed by atoms with Crippen LogP contribution in [0.1, 0.15) is 42.1 Å². The fourth-order valence-electron chi connectivity index (χ4n) is 3.52. The van der Waals surface area contributed by atoms with Crippen molar-refractivity contribution in [3.63, 3.8) is 0 Å². The number of carbonyl (C=O) groups is 1. The Hall–Kier alpha value is -2.27. The summed E-state index contributed by atoms with van der Waals surface area (Å²) in [6.07, 6.45) is 4.58. The van der Waals surface area contributed by atoms with Gasteiger partial charge in [-0.3, -0.25) is 4.79 Å². The van der Waals surface area contributed by atoms with Crippen molar-refractivity contribution in [2.45, 2.75) is 49.1 Å². The third-order valence-corrected chi connectivity index (χ3v) is 6.03. The predicted octanol–water partition coefficient (Wildman–Crippen LogP) is 4.76. The molecule has 1 aliphatic carbocycles. The maximum atomic E-state index is 13.0. The van der Waals surface area contributed by atoms with Gasteiger partial charge < -0.3 is 10.3 Å². The summed E-state index contributed by atoms with van der Waals surface area (Å²) in [6, 6.07) is 16.4. The molecule has 2 N–H and O–H groups in total. The van der Waals surface area contributed by atoms with Crippen molar-refractivity contribution in [1.82, 2.24) is 15.3 Å². The molecule has 1 aromatic heterocycles. The van der Waals surface area contributed by atoms with Gasteiger partial charge in [-0.15, -0.1) is 0 Å². The number of aromatic nitrogens is 2. The molecule has 1 amide bonds. The quantitative estimate of drug-likeness (QED) is 0.641. The molecule has 4 rings (SSSR count). The lowest BCUT2D eigenvalue weighted by Crippen LogP contribution is -2.35. The molecule has 1 aliphatic rings. The van der Waals surface area contributed by atoms with Crippen LogP contribution in [0.15, 0.2) is 53.7 Å². The molecular weight excluding hydrogens is 342 g/mol. The van der Waals surface area contributed by atoms with E-state index in [0.29, 0.717) is 6.04 Å². The van der Waals surface area contributed by atoms with Gasteiger partial charge in [0, 0.05) is 6.04 Å². The van der Waals surface area contributed by atoms with Crippen LogP contribution in [-0.2, 0) is 4.79 Å². The van der Waals surface area contributed by atoms with Crippen LogP contribution in [0.3, 0.4) is 0 Å². The van der Waals surface area contributed by atoms with Gasteiger partial charge in [0.05, 0.1) is 11.0 Å². The third-order valence-electron chi connectivity index (χ3n) is 4.89. The number of fused-ring (bicyclic) bond motifs is 1. The summed E-state index contributed by atoms with van der Waals surface area (Å²) in [6.45, 7) is 2.06. The first-order valence-corrected chi connectivity index (χ1v) is 10.1. The highest BCUT2D eigenvalue weighted by Crippen LogP contribution is 2.35. The van der Waals surface area contributed by atoms with Crippen molar-refractivity contribution in [3.8, 4) is 0 Å². The van der Waals surface area contributed by atoms with E-state index < -0.39 is 0 Å². The molecule has 4 nitrogen and oxygen atoms in total. The van der Waals surface area contributed by atoms with E-state index in [1.54, 1.807) is 0 Å². The number of aromatic amines is 1. The van der Waals surface area contributed by atoms with Gasteiger partial charge in [0.15, 0.2) is 5.16 Å². The molecule has 3 aromatic rings. The normalized spacial score (nSPS) is 16.0. The molecule has 134 valence electrons. The molecule has 1 saturated carbocycles. The van der Waals surface area contributed by atoms with Gasteiger partial charge in [-0.05, 0) is 43.0 Å². The summed E-state index contributed by atoms with van der Waals surface area (Å²) < 4.78 is 0. The maximum Gasteiger partial charge on any atom is 0.238 e. The SMILES string of the molecule is Cc1ccc2nc(SC(C(=O)NC3CCCC3)c3ccccc3)[nH]c2c1. The number of H-pyrrole nitrogens is 1. The highest BCUT2D eigenvalue weighted by atomic mass is 32.2. The van der Waals surface area contributed by atoms with Gasteiger partial charge in [0.2, 0.25) is 5.91 Å². The van der Waals surface area contributed by atoms with Crippen molar-refractivity contribution in [2.75, 3.05) is 0 Å². The summed E-state index contributed by atoms with van der Waals surface area (Å²) in [4.78, 5) is 21.0. The Labute approximate surface area is 157 Å². The molecule has 0 radical (unpaired) electrons. The Morgan fingerprint density at radius 3 is 2.73 bits per heavy atom. The van der Waals surface area contributed by atoms with E-state index in [9.17, 15) is 4.79 Å². The zero-order valence-corrected chi connectivity index (χ0v) is 15.7. The number of hydrogen-bond donors (Lipinski definition) is 2. The molecule has 26 heavy (non-hydrogen) atoms. The van der Waals surface area contributed by atoms with Crippen molar-refractivity contribution < 1.29 is 4.79 Å². The number of carbonyl (C=O) groups excluding carboxylic acids is 1. The minimum Gasteiger partial charge on any atom is -0.352 e. The number of imidazole rings is 1. The number of aryl methyl sites for hydroxylation is 1. The van der Waals surface area contributed by atoms with E-state index >= 15 is 0 Å². The fraction of sp³-hybridized carbons (Fsp3) is 0.333. The number of rotatable bonds is 5. The van der Waals surface area contributed by atoms with Crippen molar-refractivity contribution in [1.29, 1.82) is 0 Å². The Balaban J connectivity index is 1.60. The third kappa shape index (κ3) is 3.78. The zero-order chi connectivity index (χ0) is 17.9. The minimum absolute atomic E-state index is 0.0738. The molecule has 1 heterocycles. The fourth-order valence-corrected chi connectivity index (χ4v) is 4.53. The maximum absolute atomic E-state index is 13.0. The second-order valence-electron chi connectivity index (χ2n) is 6.96. The highest BCUT2D eigenvalue weighted by molar-refractivity contribution is 8.00. The summed E-state index contributed by atoms with van der Waals surface area (Å²) in [5, 5.41) is 3.71. The molecule has 2 aromatic carbocycles. The zero-order valence-electron chi connectivity index (χ0n) is 14.9. The highest BCUT2D eigenvalue weighted by Gasteiger charge is 2.26. The van der Waals surface area contributed by atoms with Crippen LogP contribution in [0.25, 0.3) is 11.0 Å². The average molecular weight is 366 g/mol. The first kappa shape index (κ1) is 17.2. The topological polar surface area (TPSA) is 57.8 Å². The van der Waals surface area contributed by atoms with Crippen LogP contribution in [0.5, 0.6) is 0 Å². The first-order valence-electron chi connectivity index (χ1n) is 9.17. The molecule has 0 aliphatic heterocycles. The largest absolute Gasteiger partial charge is 0.352 e. The van der Waals surface area contributed by atoms with Crippen molar-refractivity contribution >= 4 is 28.7 Å². The van der Waals surface area contributed by atoms with Crippen LogP contribution in [0.4, 0.5) is 0 Å². The van der Waals surface area contributed by atoms with Crippen LogP contribution < -0.4 is 5.32 Å². The smallest absolute Gasteiger partial charge is 0.238 e. The standard InChI is InChI=1S/C21H23N3OS/c1-14-11-12-17-18(13-14)24-21(23-17)26-19(15-7-3-2-4-8-15)20(25)22-16-9-5-6-10-16/h2-4,7-8,11-13,16,19H,5-6,9-10H2,1H3,(H,22,25)(H,23,24). The van der Waals surface area contributed by atoms with Gasteiger partial charge >= 0.3 is 0 Å². The lowest BCUT2D eigenvalue weighted by atomic mass is 10.1. The van der Waals surface area contributed by atoms with E-state index in [1.165, 1.54) is 30.2 Å². The lowest BCUT2D eigenvalue weighted by molar-refractivity contribution is -0.121. The van der Waals surface area contributed by atoms with E-state index in [-0.39, 0.29) is 11.2 Å². The number of hydrogen-bond acceptors (Lipinski definition) is 3. The number of thioether (sulfide) groups is 1. The Morgan fingerprint density at radius 1 is 1.19 bits per heavy atom. The minimum atomic E-state index is -0.307. The molecule has 5 heteroatoms. The van der Waals surface area contributed by atoms with Crippen LogP contribution in [-0.4, -0.2) is 21.9 Å². The van der Waals surface area contributed by atoms with Gasteiger partial charge in [-0.1, -0.05) is 61.0 Å². The Morgan fingerprint density at radius 2 is 1.96 bits per heavy atom. The number of amides is 1. The molecule has 1 fully saturated rings. The van der Waals surface area contributed by atoms with Crippen LogP contribution in [0.2, 0.25) is 0 Å².